The molecule has 1 aliphatic rings. The van der Waals surface area contributed by atoms with Crippen LogP contribution < -0.4 is 0 Å². The molecule has 1 aromatic rings. The normalized spacial score (nSPS) is 21.9. The van der Waals surface area contributed by atoms with Gasteiger partial charge in [-0.15, -0.1) is 0 Å². The van der Waals surface area contributed by atoms with Gasteiger partial charge in [0.05, 0.1) is 0 Å². The van der Waals surface area contributed by atoms with Crippen LogP contribution in [0.1, 0.15) is 25.7 Å². The molecule has 0 spiro atoms. The molecule has 0 nitrogen and oxygen atoms in total. The summed E-state index contributed by atoms with van der Waals surface area (Å²) in [7, 11) is 0. The lowest BCUT2D eigenvalue weighted by molar-refractivity contribution is 0.727. The van der Waals surface area contributed by atoms with Gasteiger partial charge in [0.25, 0.3) is 0 Å². The van der Waals surface area contributed by atoms with Gasteiger partial charge in [-0.3, -0.25) is 0 Å². The standard InChI is InChI=1S/C13H15BrS/c14-12-9-5-2-6-10-13(12)15-11-7-3-1-4-8-11/h1,3-4,7-8,10,12H,2,5-6,9H2. The van der Waals surface area contributed by atoms with Gasteiger partial charge < -0.3 is 0 Å². The average molecular weight is 283 g/mol. The molecule has 80 valence electrons. The molecular formula is C13H15BrS. The van der Waals surface area contributed by atoms with E-state index in [1.807, 2.05) is 11.8 Å². The first-order valence-corrected chi connectivity index (χ1v) is 7.16. The summed E-state index contributed by atoms with van der Waals surface area (Å²) in [4.78, 5) is 3.39. The molecule has 0 saturated carbocycles. The number of thioether (sulfide) groups is 1. The summed E-state index contributed by atoms with van der Waals surface area (Å²) < 4.78 is 0. The molecule has 0 heterocycles. The highest BCUT2D eigenvalue weighted by molar-refractivity contribution is 9.09. The van der Waals surface area contributed by atoms with Crippen LogP contribution in [0.3, 0.4) is 0 Å². The zero-order chi connectivity index (χ0) is 10.5. The van der Waals surface area contributed by atoms with E-state index in [1.165, 1.54) is 35.5 Å². The molecular weight excluding hydrogens is 268 g/mol. The molecule has 15 heavy (non-hydrogen) atoms. The van der Waals surface area contributed by atoms with Crippen molar-refractivity contribution in [2.75, 3.05) is 0 Å². The van der Waals surface area contributed by atoms with E-state index in [2.05, 4.69) is 52.3 Å². The van der Waals surface area contributed by atoms with Crippen LogP contribution in [0.25, 0.3) is 0 Å². The third-order valence-electron chi connectivity index (χ3n) is 2.54. The highest BCUT2D eigenvalue weighted by atomic mass is 79.9. The maximum Gasteiger partial charge on any atom is 0.0455 e. The number of rotatable bonds is 2. The van der Waals surface area contributed by atoms with E-state index in [-0.39, 0.29) is 0 Å². The van der Waals surface area contributed by atoms with Gasteiger partial charge in [0, 0.05) is 9.72 Å². The average Bonchev–Trinajstić information content (AvgIpc) is 2.46. The van der Waals surface area contributed by atoms with Crippen molar-refractivity contribution in [3.05, 3.63) is 41.3 Å². The molecule has 0 N–H and O–H groups in total. The Morgan fingerprint density at radius 2 is 1.93 bits per heavy atom. The summed E-state index contributed by atoms with van der Waals surface area (Å²) >= 11 is 5.67. The summed E-state index contributed by atoms with van der Waals surface area (Å²) in [5, 5.41) is 0. The number of alkyl halides is 1. The molecule has 0 aromatic heterocycles. The van der Waals surface area contributed by atoms with Crippen LogP contribution in [-0.2, 0) is 0 Å². The number of allylic oxidation sites excluding steroid dienone is 2. The number of benzene rings is 1. The van der Waals surface area contributed by atoms with Crippen LogP contribution in [0.4, 0.5) is 0 Å². The quantitative estimate of drug-likeness (QED) is 0.688. The Bertz CT molecular complexity index is 332. The second-order valence-electron chi connectivity index (χ2n) is 3.77. The van der Waals surface area contributed by atoms with Gasteiger partial charge in [0.1, 0.15) is 0 Å². The third-order valence-corrected chi connectivity index (χ3v) is 4.99. The van der Waals surface area contributed by atoms with Crippen LogP contribution in [0.15, 0.2) is 46.2 Å². The van der Waals surface area contributed by atoms with Gasteiger partial charge in [-0.05, 0) is 36.3 Å². The molecule has 0 radical (unpaired) electrons. The fourth-order valence-electron chi connectivity index (χ4n) is 1.71. The molecule has 2 heteroatoms. The molecule has 0 fully saturated rings. The predicted molar refractivity (Wildman–Crippen MR) is 71.6 cm³/mol. The molecule has 1 aromatic carbocycles. The van der Waals surface area contributed by atoms with Gasteiger partial charge in [-0.25, -0.2) is 0 Å². The molecule has 0 saturated heterocycles. The molecule has 0 amide bonds. The van der Waals surface area contributed by atoms with Crippen molar-refractivity contribution < 1.29 is 0 Å². The van der Waals surface area contributed by atoms with E-state index in [1.54, 1.807) is 0 Å². The van der Waals surface area contributed by atoms with Crippen LogP contribution in [0.5, 0.6) is 0 Å². The van der Waals surface area contributed by atoms with Gasteiger partial charge >= 0.3 is 0 Å². The van der Waals surface area contributed by atoms with Gasteiger partial charge in [0.15, 0.2) is 0 Å². The first-order valence-electron chi connectivity index (χ1n) is 5.43. The van der Waals surface area contributed by atoms with E-state index < -0.39 is 0 Å². The molecule has 1 unspecified atom stereocenters. The minimum atomic E-state index is 0.560. The molecule has 2 rings (SSSR count). The monoisotopic (exact) mass is 282 g/mol. The summed E-state index contributed by atoms with van der Waals surface area (Å²) in [6.45, 7) is 0. The minimum absolute atomic E-state index is 0.560. The van der Waals surface area contributed by atoms with E-state index in [4.69, 9.17) is 0 Å². The highest BCUT2D eigenvalue weighted by Gasteiger charge is 2.14. The van der Waals surface area contributed by atoms with Crippen LogP contribution in [-0.4, -0.2) is 4.83 Å². The number of hydrogen-bond acceptors (Lipinski definition) is 1. The lowest BCUT2D eigenvalue weighted by Gasteiger charge is -2.11. The second kappa shape index (κ2) is 5.76. The van der Waals surface area contributed by atoms with Crippen LogP contribution in [0, 0.1) is 0 Å². The van der Waals surface area contributed by atoms with Crippen molar-refractivity contribution in [3.8, 4) is 0 Å². The van der Waals surface area contributed by atoms with Crippen LogP contribution >= 0.6 is 27.7 Å². The Kier molecular flexibility index (Phi) is 4.33. The smallest absolute Gasteiger partial charge is 0.0455 e. The Labute approximate surface area is 104 Å². The lowest BCUT2D eigenvalue weighted by Crippen LogP contribution is -1.97. The number of hydrogen-bond donors (Lipinski definition) is 0. The van der Waals surface area contributed by atoms with Crippen LogP contribution in [0.2, 0.25) is 0 Å². The first-order chi connectivity index (χ1) is 7.36. The predicted octanol–water partition coefficient (Wildman–Crippen LogP) is 5.00. The minimum Gasteiger partial charge on any atom is -0.0937 e. The zero-order valence-electron chi connectivity index (χ0n) is 8.66. The Morgan fingerprint density at radius 3 is 2.73 bits per heavy atom. The Balaban J connectivity index is 2.07. The molecule has 1 atom stereocenters. The van der Waals surface area contributed by atoms with Crippen molar-refractivity contribution in [3.63, 3.8) is 0 Å². The van der Waals surface area contributed by atoms with Gasteiger partial charge in [0.2, 0.25) is 0 Å². The lowest BCUT2D eigenvalue weighted by atomic mass is 10.2. The second-order valence-corrected chi connectivity index (χ2v) is 6.03. The highest BCUT2D eigenvalue weighted by Crippen LogP contribution is 2.36. The third kappa shape index (κ3) is 3.39. The van der Waals surface area contributed by atoms with Crippen molar-refractivity contribution in [1.29, 1.82) is 0 Å². The van der Waals surface area contributed by atoms with Gasteiger partial charge in [-0.2, -0.15) is 0 Å². The van der Waals surface area contributed by atoms with Crippen molar-refractivity contribution in [2.24, 2.45) is 0 Å². The fourth-order valence-corrected chi connectivity index (χ4v) is 3.52. The zero-order valence-corrected chi connectivity index (χ0v) is 11.1. The Hall–Kier alpha value is -0.210. The topological polar surface area (TPSA) is 0 Å². The van der Waals surface area contributed by atoms with E-state index >= 15 is 0 Å². The SMILES string of the molecule is BrC1CCCCC=C1Sc1ccccc1. The van der Waals surface area contributed by atoms with E-state index in [0.29, 0.717) is 4.83 Å². The summed E-state index contributed by atoms with van der Waals surface area (Å²) in [6.07, 6.45) is 7.57. The molecule has 1 aliphatic carbocycles. The summed E-state index contributed by atoms with van der Waals surface area (Å²) in [5.74, 6) is 0. The Morgan fingerprint density at radius 1 is 1.13 bits per heavy atom. The first kappa shape index (κ1) is 11.3. The number of halogens is 1. The maximum atomic E-state index is 3.77. The van der Waals surface area contributed by atoms with Crippen molar-refractivity contribution in [2.45, 2.75) is 35.4 Å². The molecule has 0 aliphatic heterocycles. The van der Waals surface area contributed by atoms with Crippen molar-refractivity contribution in [1.82, 2.24) is 0 Å². The van der Waals surface area contributed by atoms with E-state index in [0.717, 1.165) is 0 Å². The largest absolute Gasteiger partial charge is 0.0937 e. The summed E-state index contributed by atoms with van der Waals surface area (Å²) in [5.41, 5.74) is 0. The van der Waals surface area contributed by atoms with Crippen molar-refractivity contribution >= 4 is 27.7 Å². The maximum absolute atomic E-state index is 3.77. The summed E-state index contributed by atoms with van der Waals surface area (Å²) in [6, 6.07) is 10.6. The fraction of sp³-hybridized carbons (Fsp3) is 0.385. The molecule has 0 bridgehead atoms. The van der Waals surface area contributed by atoms with Gasteiger partial charge in [-0.1, -0.05) is 58.4 Å². The van der Waals surface area contributed by atoms with E-state index in [9.17, 15) is 0 Å².